The number of non-ortho nitro benzene ring substituents is 1. The monoisotopic (exact) mass is 452 g/mol. The third kappa shape index (κ3) is 5.57. The van der Waals surface area contributed by atoms with Gasteiger partial charge in [0.1, 0.15) is 0 Å². The summed E-state index contributed by atoms with van der Waals surface area (Å²) >= 11 is 1.50. The van der Waals surface area contributed by atoms with Gasteiger partial charge in [-0.25, -0.2) is 4.98 Å². The van der Waals surface area contributed by atoms with Gasteiger partial charge in [-0.15, -0.1) is 0 Å². The average Bonchev–Trinajstić information content (AvgIpc) is 3.17. The Morgan fingerprint density at radius 1 is 1.12 bits per heavy atom. The van der Waals surface area contributed by atoms with Crippen LogP contribution >= 0.6 is 11.3 Å². The predicted octanol–water partition coefficient (Wildman–Crippen LogP) is 5.21. The number of hydrogen-bond donors (Lipinski definition) is 0. The summed E-state index contributed by atoms with van der Waals surface area (Å²) < 4.78 is 1.05. The van der Waals surface area contributed by atoms with E-state index in [1.165, 1.54) is 40.7 Å². The molecule has 0 aliphatic rings. The number of hydrogen-bond acceptors (Lipinski definition) is 6. The summed E-state index contributed by atoms with van der Waals surface area (Å²) in [5, 5.41) is 11.7. The Bertz CT molecular complexity index is 1110. The van der Waals surface area contributed by atoms with Crippen LogP contribution in [0.3, 0.4) is 0 Å². The van der Waals surface area contributed by atoms with E-state index in [1.54, 1.807) is 23.1 Å². The molecule has 32 heavy (non-hydrogen) atoms. The first-order valence-corrected chi connectivity index (χ1v) is 11.5. The van der Waals surface area contributed by atoms with Gasteiger partial charge in [-0.1, -0.05) is 37.3 Å². The van der Waals surface area contributed by atoms with Crippen LogP contribution in [0, 0.1) is 24.0 Å². The fourth-order valence-electron chi connectivity index (χ4n) is 3.36. The number of likely N-dealkylation sites (N-methyl/N-ethyl adjacent to an activating group) is 1. The SMILES string of the molecule is CCN(CC)CCN(C(=O)C=Cc1cccc([N+](=O)[O-])c1)c1nc2cc(C)c(C)cc2s1. The largest absolute Gasteiger partial charge is 0.302 e. The average molecular weight is 453 g/mol. The lowest BCUT2D eigenvalue weighted by Crippen LogP contribution is -2.38. The van der Waals surface area contributed by atoms with E-state index in [1.807, 2.05) is 0 Å². The summed E-state index contributed by atoms with van der Waals surface area (Å²) in [5.41, 5.74) is 3.85. The van der Waals surface area contributed by atoms with Gasteiger partial charge in [0.25, 0.3) is 11.6 Å². The molecule has 0 spiro atoms. The number of thiazole rings is 1. The molecule has 3 rings (SSSR count). The van der Waals surface area contributed by atoms with Crippen molar-refractivity contribution in [1.29, 1.82) is 0 Å². The molecule has 0 N–H and O–H groups in total. The Balaban J connectivity index is 1.90. The van der Waals surface area contributed by atoms with Crippen LogP contribution in [-0.2, 0) is 4.79 Å². The predicted molar refractivity (Wildman–Crippen MR) is 131 cm³/mol. The van der Waals surface area contributed by atoms with E-state index in [9.17, 15) is 14.9 Å². The van der Waals surface area contributed by atoms with Crippen molar-refractivity contribution in [3.05, 3.63) is 69.3 Å². The van der Waals surface area contributed by atoms with Crippen molar-refractivity contribution in [3.63, 3.8) is 0 Å². The minimum Gasteiger partial charge on any atom is -0.302 e. The molecule has 8 heteroatoms. The highest BCUT2D eigenvalue weighted by Gasteiger charge is 2.19. The van der Waals surface area contributed by atoms with Gasteiger partial charge in [0, 0.05) is 31.3 Å². The van der Waals surface area contributed by atoms with Crippen LogP contribution in [-0.4, -0.2) is 46.9 Å². The molecule has 168 valence electrons. The number of nitro groups is 1. The number of nitro benzene ring substituents is 1. The second-order valence-corrected chi connectivity index (χ2v) is 8.61. The molecular formula is C24H28N4O3S. The number of carbonyl (C=O) groups excluding carboxylic acids is 1. The van der Waals surface area contributed by atoms with E-state index in [2.05, 4.69) is 44.7 Å². The van der Waals surface area contributed by atoms with Crippen molar-refractivity contribution in [3.8, 4) is 0 Å². The van der Waals surface area contributed by atoms with E-state index in [4.69, 9.17) is 4.98 Å². The minimum atomic E-state index is -0.444. The van der Waals surface area contributed by atoms with E-state index < -0.39 is 4.92 Å². The summed E-state index contributed by atoms with van der Waals surface area (Å²) in [5.74, 6) is -0.198. The van der Waals surface area contributed by atoms with E-state index in [0.717, 1.165) is 29.9 Å². The Hall–Kier alpha value is -3.10. The van der Waals surface area contributed by atoms with Crippen molar-refractivity contribution >= 4 is 44.4 Å². The van der Waals surface area contributed by atoms with Crippen LogP contribution in [0.1, 0.15) is 30.5 Å². The first-order valence-electron chi connectivity index (χ1n) is 10.7. The molecule has 2 aromatic carbocycles. The van der Waals surface area contributed by atoms with Crippen molar-refractivity contribution < 1.29 is 9.72 Å². The van der Waals surface area contributed by atoms with E-state index in [-0.39, 0.29) is 11.6 Å². The van der Waals surface area contributed by atoms with Crippen LogP contribution < -0.4 is 4.90 Å². The molecule has 1 amide bonds. The molecule has 0 unspecified atom stereocenters. The van der Waals surface area contributed by atoms with Crippen molar-refractivity contribution in [2.24, 2.45) is 0 Å². The smallest absolute Gasteiger partial charge is 0.270 e. The van der Waals surface area contributed by atoms with Crippen LogP contribution in [0.4, 0.5) is 10.8 Å². The summed E-state index contributed by atoms with van der Waals surface area (Å²) in [6.45, 7) is 11.4. The van der Waals surface area contributed by atoms with Gasteiger partial charge in [0.05, 0.1) is 15.1 Å². The molecule has 0 fully saturated rings. The maximum Gasteiger partial charge on any atom is 0.270 e. The number of amides is 1. The highest BCUT2D eigenvalue weighted by Crippen LogP contribution is 2.31. The second kappa shape index (κ2) is 10.5. The van der Waals surface area contributed by atoms with Crippen LogP contribution in [0.25, 0.3) is 16.3 Å². The second-order valence-electron chi connectivity index (χ2n) is 7.60. The molecule has 7 nitrogen and oxygen atoms in total. The molecule has 0 saturated heterocycles. The van der Waals surface area contributed by atoms with E-state index >= 15 is 0 Å². The lowest BCUT2D eigenvalue weighted by atomic mass is 10.1. The summed E-state index contributed by atoms with van der Waals surface area (Å²) in [7, 11) is 0. The van der Waals surface area contributed by atoms with Crippen molar-refractivity contribution in [2.75, 3.05) is 31.1 Å². The fraction of sp³-hybridized carbons (Fsp3) is 0.333. The number of fused-ring (bicyclic) bond motifs is 1. The van der Waals surface area contributed by atoms with Gasteiger partial charge in [-0.2, -0.15) is 0 Å². The van der Waals surface area contributed by atoms with Crippen molar-refractivity contribution in [1.82, 2.24) is 9.88 Å². The fourth-order valence-corrected chi connectivity index (χ4v) is 4.44. The Morgan fingerprint density at radius 2 is 1.84 bits per heavy atom. The molecule has 1 aromatic heterocycles. The number of rotatable bonds is 9. The lowest BCUT2D eigenvalue weighted by Gasteiger charge is -2.23. The molecule has 0 aliphatic heterocycles. The molecule has 1 heterocycles. The van der Waals surface area contributed by atoms with Gasteiger partial charge in [-0.3, -0.25) is 19.8 Å². The van der Waals surface area contributed by atoms with Crippen LogP contribution in [0.2, 0.25) is 0 Å². The number of anilines is 1. The van der Waals surface area contributed by atoms with Gasteiger partial charge in [0.2, 0.25) is 0 Å². The first kappa shape index (κ1) is 23.6. The maximum absolute atomic E-state index is 13.2. The minimum absolute atomic E-state index is 0.00472. The zero-order valence-electron chi connectivity index (χ0n) is 18.9. The van der Waals surface area contributed by atoms with Crippen molar-refractivity contribution in [2.45, 2.75) is 27.7 Å². The van der Waals surface area contributed by atoms with Gasteiger partial charge in [-0.05, 0) is 61.8 Å². The topological polar surface area (TPSA) is 79.6 Å². The van der Waals surface area contributed by atoms with Gasteiger partial charge >= 0.3 is 0 Å². The number of aryl methyl sites for hydroxylation is 2. The Kier molecular flexibility index (Phi) is 7.71. The number of benzene rings is 2. The third-order valence-electron chi connectivity index (χ3n) is 5.52. The van der Waals surface area contributed by atoms with E-state index in [0.29, 0.717) is 17.2 Å². The summed E-state index contributed by atoms with van der Waals surface area (Å²) in [6.07, 6.45) is 3.07. The van der Waals surface area contributed by atoms with Crippen LogP contribution in [0.15, 0.2) is 42.5 Å². The summed E-state index contributed by atoms with van der Waals surface area (Å²) in [6, 6.07) is 10.4. The zero-order valence-corrected chi connectivity index (χ0v) is 19.7. The quantitative estimate of drug-likeness (QED) is 0.253. The standard InChI is InChI=1S/C24H28N4O3S/c1-5-26(6-2)12-13-27(24-25-21-14-17(3)18(4)15-22(21)32-24)23(29)11-10-19-8-7-9-20(16-19)28(30)31/h7-11,14-16H,5-6,12-13H2,1-4H3. The Labute approximate surface area is 192 Å². The number of nitrogens with zero attached hydrogens (tertiary/aromatic N) is 4. The number of carbonyl (C=O) groups is 1. The molecule has 0 aliphatic carbocycles. The van der Waals surface area contributed by atoms with Crippen LogP contribution in [0.5, 0.6) is 0 Å². The highest BCUT2D eigenvalue weighted by atomic mass is 32.1. The molecule has 0 atom stereocenters. The maximum atomic E-state index is 13.2. The Morgan fingerprint density at radius 3 is 2.53 bits per heavy atom. The molecule has 0 bridgehead atoms. The van der Waals surface area contributed by atoms with Gasteiger partial charge < -0.3 is 4.90 Å². The molecular weight excluding hydrogens is 424 g/mol. The third-order valence-corrected chi connectivity index (χ3v) is 6.56. The lowest BCUT2D eigenvalue weighted by molar-refractivity contribution is -0.384. The molecule has 0 saturated carbocycles. The van der Waals surface area contributed by atoms with Gasteiger partial charge in [0.15, 0.2) is 5.13 Å². The molecule has 0 radical (unpaired) electrons. The number of aromatic nitrogens is 1. The highest BCUT2D eigenvalue weighted by molar-refractivity contribution is 7.22. The zero-order chi connectivity index (χ0) is 23.3. The first-order chi connectivity index (χ1) is 15.3. The normalized spacial score (nSPS) is 11.5. The molecule has 3 aromatic rings. The summed E-state index contributed by atoms with van der Waals surface area (Å²) in [4.78, 5) is 32.5.